The minimum Gasteiger partial charge on any atom is -0.308 e. The topological polar surface area (TPSA) is 20.3 Å². The zero-order valence-electron chi connectivity index (χ0n) is 12.7. The SMILES string of the molecule is C=C1C=C(S)C(=O)N1CCCCCCCC.CCC. The third kappa shape index (κ3) is 7.46. The van der Waals surface area contributed by atoms with Crippen LogP contribution in [0.2, 0.25) is 0 Å². The summed E-state index contributed by atoms with van der Waals surface area (Å²) in [7, 11) is 0. The third-order valence-electron chi connectivity index (χ3n) is 2.85. The van der Waals surface area contributed by atoms with Gasteiger partial charge in [0.25, 0.3) is 5.91 Å². The fourth-order valence-electron chi connectivity index (χ4n) is 1.86. The molecule has 1 aliphatic rings. The van der Waals surface area contributed by atoms with Crippen LogP contribution in [0.5, 0.6) is 0 Å². The van der Waals surface area contributed by atoms with Crippen LogP contribution in [0.1, 0.15) is 65.7 Å². The quantitative estimate of drug-likeness (QED) is 0.518. The van der Waals surface area contributed by atoms with E-state index in [-0.39, 0.29) is 5.91 Å². The lowest BCUT2D eigenvalue weighted by molar-refractivity contribution is -0.123. The number of carbonyl (C=O) groups is 1. The van der Waals surface area contributed by atoms with Crippen LogP contribution < -0.4 is 0 Å². The van der Waals surface area contributed by atoms with Crippen molar-refractivity contribution in [3.63, 3.8) is 0 Å². The number of nitrogens with zero attached hydrogens (tertiary/aromatic N) is 1. The standard InChI is InChI=1S/C13H21NOS.C3H8/c1-3-4-5-6-7-8-9-14-11(2)10-12(16)13(14)15;1-3-2/h10,16H,2-9H2,1H3;3H2,1-2H3. The predicted octanol–water partition coefficient (Wildman–Crippen LogP) is 4.93. The highest BCUT2D eigenvalue weighted by Gasteiger charge is 2.23. The van der Waals surface area contributed by atoms with E-state index < -0.39 is 0 Å². The van der Waals surface area contributed by atoms with Crippen LogP contribution in [0.4, 0.5) is 0 Å². The molecule has 2 nitrogen and oxygen atoms in total. The first kappa shape index (κ1) is 18.3. The van der Waals surface area contributed by atoms with E-state index in [4.69, 9.17) is 0 Å². The molecule has 0 aromatic heterocycles. The van der Waals surface area contributed by atoms with Gasteiger partial charge in [0, 0.05) is 12.2 Å². The molecular weight excluding hydrogens is 254 g/mol. The van der Waals surface area contributed by atoms with E-state index in [0.717, 1.165) is 18.7 Å². The first-order valence-electron chi connectivity index (χ1n) is 7.49. The molecule has 0 N–H and O–H groups in total. The maximum atomic E-state index is 11.6. The first-order chi connectivity index (χ1) is 9.08. The van der Waals surface area contributed by atoms with Crippen LogP contribution in [0.25, 0.3) is 0 Å². The molecule has 0 saturated carbocycles. The molecule has 0 atom stereocenters. The Labute approximate surface area is 124 Å². The summed E-state index contributed by atoms with van der Waals surface area (Å²) < 4.78 is 0. The molecule has 0 aromatic rings. The second-order valence-corrected chi connectivity index (χ2v) is 5.43. The molecule has 0 aliphatic carbocycles. The number of hydrogen-bond donors (Lipinski definition) is 1. The molecule has 110 valence electrons. The van der Waals surface area contributed by atoms with Crippen LogP contribution in [0, 0.1) is 0 Å². The van der Waals surface area contributed by atoms with Gasteiger partial charge in [0.15, 0.2) is 0 Å². The number of hydrogen-bond acceptors (Lipinski definition) is 2. The Morgan fingerprint density at radius 3 is 2.11 bits per heavy atom. The van der Waals surface area contributed by atoms with Gasteiger partial charge in [-0.15, -0.1) is 12.6 Å². The van der Waals surface area contributed by atoms with E-state index >= 15 is 0 Å². The van der Waals surface area contributed by atoms with Gasteiger partial charge in [-0.2, -0.15) is 0 Å². The molecular formula is C16H29NOS. The van der Waals surface area contributed by atoms with Gasteiger partial charge in [0.1, 0.15) is 0 Å². The zero-order valence-corrected chi connectivity index (χ0v) is 13.6. The van der Waals surface area contributed by atoms with Gasteiger partial charge in [-0.25, -0.2) is 0 Å². The summed E-state index contributed by atoms with van der Waals surface area (Å²) >= 11 is 4.11. The van der Waals surface area contributed by atoms with Crippen molar-refractivity contribution in [3.05, 3.63) is 23.3 Å². The molecule has 1 rings (SSSR count). The van der Waals surface area contributed by atoms with Crippen molar-refractivity contribution in [1.82, 2.24) is 4.90 Å². The van der Waals surface area contributed by atoms with E-state index in [2.05, 4.69) is 40.0 Å². The number of allylic oxidation sites excluding steroid dienone is 1. The largest absolute Gasteiger partial charge is 0.308 e. The molecule has 19 heavy (non-hydrogen) atoms. The number of unbranched alkanes of at least 4 members (excludes halogenated alkanes) is 5. The lowest BCUT2D eigenvalue weighted by Gasteiger charge is -2.17. The molecule has 0 spiro atoms. The van der Waals surface area contributed by atoms with E-state index in [1.807, 2.05) is 0 Å². The van der Waals surface area contributed by atoms with Crippen LogP contribution in [0.15, 0.2) is 23.3 Å². The average molecular weight is 283 g/mol. The second-order valence-electron chi connectivity index (χ2n) is 4.95. The van der Waals surface area contributed by atoms with Gasteiger partial charge < -0.3 is 4.90 Å². The highest BCUT2D eigenvalue weighted by atomic mass is 32.1. The Kier molecular flexibility index (Phi) is 10.7. The van der Waals surface area contributed by atoms with Gasteiger partial charge in [0.2, 0.25) is 0 Å². The summed E-state index contributed by atoms with van der Waals surface area (Å²) in [4.78, 5) is 13.8. The number of amides is 1. The maximum Gasteiger partial charge on any atom is 0.264 e. The van der Waals surface area contributed by atoms with Crippen molar-refractivity contribution in [3.8, 4) is 0 Å². The minimum absolute atomic E-state index is 0.00175. The highest BCUT2D eigenvalue weighted by molar-refractivity contribution is 7.85. The normalized spacial score (nSPS) is 14.3. The fourth-order valence-corrected chi connectivity index (χ4v) is 2.13. The van der Waals surface area contributed by atoms with Gasteiger partial charge in [-0.3, -0.25) is 4.79 Å². The molecule has 1 amide bonds. The Hall–Kier alpha value is -0.700. The van der Waals surface area contributed by atoms with Crippen LogP contribution in [0.3, 0.4) is 0 Å². The number of thiol groups is 1. The first-order valence-corrected chi connectivity index (χ1v) is 7.94. The van der Waals surface area contributed by atoms with E-state index in [1.54, 1.807) is 11.0 Å². The van der Waals surface area contributed by atoms with Crippen molar-refractivity contribution < 1.29 is 4.79 Å². The van der Waals surface area contributed by atoms with E-state index in [0.29, 0.717) is 4.91 Å². The Balaban J connectivity index is 0.000000982. The molecule has 0 fully saturated rings. The van der Waals surface area contributed by atoms with Crippen molar-refractivity contribution in [2.75, 3.05) is 6.54 Å². The third-order valence-corrected chi connectivity index (χ3v) is 3.17. The lowest BCUT2D eigenvalue weighted by Crippen LogP contribution is -2.25. The molecule has 0 bridgehead atoms. The molecule has 0 unspecified atom stereocenters. The van der Waals surface area contributed by atoms with Crippen molar-refractivity contribution in [1.29, 1.82) is 0 Å². The fraction of sp³-hybridized carbons (Fsp3) is 0.688. The van der Waals surface area contributed by atoms with Crippen molar-refractivity contribution in [2.24, 2.45) is 0 Å². The van der Waals surface area contributed by atoms with Crippen LogP contribution in [-0.4, -0.2) is 17.4 Å². The Bertz CT molecular complexity index is 310. The average Bonchev–Trinajstić information content (AvgIpc) is 2.60. The Morgan fingerprint density at radius 1 is 1.11 bits per heavy atom. The summed E-state index contributed by atoms with van der Waals surface area (Å²) in [6, 6.07) is 0. The summed E-state index contributed by atoms with van der Waals surface area (Å²) in [6.45, 7) is 11.1. The van der Waals surface area contributed by atoms with Gasteiger partial charge in [0.05, 0.1) is 4.91 Å². The van der Waals surface area contributed by atoms with Gasteiger partial charge in [-0.1, -0.05) is 65.9 Å². The highest BCUT2D eigenvalue weighted by Crippen LogP contribution is 2.22. The van der Waals surface area contributed by atoms with Gasteiger partial charge in [-0.05, 0) is 12.5 Å². The maximum absolute atomic E-state index is 11.6. The van der Waals surface area contributed by atoms with E-state index in [1.165, 1.54) is 38.5 Å². The molecule has 0 saturated heterocycles. The predicted molar refractivity (Wildman–Crippen MR) is 87.3 cm³/mol. The monoisotopic (exact) mass is 283 g/mol. The molecule has 0 aromatic carbocycles. The van der Waals surface area contributed by atoms with Crippen molar-refractivity contribution >= 4 is 18.5 Å². The smallest absolute Gasteiger partial charge is 0.264 e. The van der Waals surface area contributed by atoms with Gasteiger partial charge >= 0.3 is 0 Å². The minimum atomic E-state index is 0.00175. The summed E-state index contributed by atoms with van der Waals surface area (Å²) in [6.07, 6.45) is 10.4. The molecule has 1 heterocycles. The molecule has 1 aliphatic heterocycles. The summed E-state index contributed by atoms with van der Waals surface area (Å²) in [5, 5.41) is 0. The summed E-state index contributed by atoms with van der Waals surface area (Å²) in [5.41, 5.74) is 0.781. The number of rotatable bonds is 7. The van der Waals surface area contributed by atoms with Crippen LogP contribution >= 0.6 is 12.6 Å². The lowest BCUT2D eigenvalue weighted by atomic mass is 10.1. The molecule has 0 radical (unpaired) electrons. The Morgan fingerprint density at radius 2 is 1.63 bits per heavy atom. The number of carbonyl (C=O) groups excluding carboxylic acids is 1. The van der Waals surface area contributed by atoms with Crippen molar-refractivity contribution in [2.45, 2.75) is 65.7 Å². The zero-order chi connectivity index (χ0) is 14.7. The van der Waals surface area contributed by atoms with E-state index in [9.17, 15) is 4.79 Å². The van der Waals surface area contributed by atoms with Crippen LogP contribution in [-0.2, 0) is 4.79 Å². The second kappa shape index (κ2) is 11.2. The molecule has 3 heteroatoms. The summed E-state index contributed by atoms with van der Waals surface area (Å²) in [5.74, 6) is 0.00175.